The average molecular weight is 733 g/mol. The third-order valence-electron chi connectivity index (χ3n) is 10.5. The Kier molecular flexibility index (Phi) is 7.71. The van der Waals surface area contributed by atoms with Crippen LogP contribution in [0.1, 0.15) is 0 Å². The molecule has 0 bridgehead atoms. The molecule has 6 heteroatoms. The molecule has 57 heavy (non-hydrogen) atoms. The van der Waals surface area contributed by atoms with Crippen molar-refractivity contribution in [3.63, 3.8) is 0 Å². The van der Waals surface area contributed by atoms with Crippen LogP contribution in [0.3, 0.4) is 0 Å². The summed E-state index contributed by atoms with van der Waals surface area (Å²) in [5, 5.41) is 4.26. The molecule has 0 saturated carbocycles. The summed E-state index contributed by atoms with van der Waals surface area (Å²) in [4.78, 5) is 17.1. The molecular weight excluding hydrogens is 701 g/mol. The van der Waals surface area contributed by atoms with Crippen molar-refractivity contribution in [1.82, 2.24) is 15.0 Å². The monoisotopic (exact) mass is 732 g/mol. The number of benzene rings is 8. The molecule has 0 atom stereocenters. The van der Waals surface area contributed by atoms with Crippen LogP contribution in [0.4, 0.5) is 17.1 Å². The van der Waals surface area contributed by atoms with Crippen molar-refractivity contribution < 1.29 is 8.83 Å². The van der Waals surface area contributed by atoms with E-state index >= 15 is 0 Å². The van der Waals surface area contributed by atoms with Crippen LogP contribution < -0.4 is 4.90 Å². The van der Waals surface area contributed by atoms with Crippen molar-refractivity contribution >= 4 is 60.9 Å². The van der Waals surface area contributed by atoms with Gasteiger partial charge in [0.25, 0.3) is 0 Å². The number of para-hydroxylation sites is 2. The Labute approximate surface area is 328 Å². The first-order valence-corrected chi connectivity index (χ1v) is 18.9. The SMILES string of the molecule is c1ccc(-c2nc(-c3ccccc3)nc(-c3ccc4c(c3)oc3cccc(-c5ccc(N(c6ccccc6)c6cccc7oc8ccccc8c67)cc5)c34)n2)cc1. The molecule has 0 aliphatic rings. The van der Waals surface area contributed by atoms with Gasteiger partial charge in [0, 0.05) is 44.2 Å². The van der Waals surface area contributed by atoms with E-state index in [1.165, 1.54) is 0 Å². The Balaban J connectivity index is 1.00. The fourth-order valence-corrected chi connectivity index (χ4v) is 7.88. The van der Waals surface area contributed by atoms with Crippen LogP contribution in [0, 0.1) is 0 Å². The lowest BCUT2D eigenvalue weighted by Gasteiger charge is -2.26. The summed E-state index contributed by atoms with van der Waals surface area (Å²) in [6.07, 6.45) is 0. The number of furan rings is 2. The fourth-order valence-electron chi connectivity index (χ4n) is 7.88. The topological polar surface area (TPSA) is 68.2 Å². The predicted octanol–water partition coefficient (Wildman–Crippen LogP) is 13.8. The number of fused-ring (bicyclic) bond motifs is 6. The molecule has 0 radical (unpaired) electrons. The maximum atomic E-state index is 6.56. The van der Waals surface area contributed by atoms with Crippen LogP contribution in [0.25, 0.3) is 89.2 Å². The van der Waals surface area contributed by atoms with Crippen LogP contribution in [0.5, 0.6) is 0 Å². The van der Waals surface area contributed by atoms with Crippen molar-refractivity contribution in [2.75, 3.05) is 4.90 Å². The summed E-state index contributed by atoms with van der Waals surface area (Å²) in [6, 6.07) is 66.3. The van der Waals surface area contributed by atoms with Gasteiger partial charge in [-0.05, 0) is 71.8 Å². The summed E-state index contributed by atoms with van der Waals surface area (Å²) in [5.41, 5.74) is 11.4. The molecule has 11 aromatic rings. The molecule has 268 valence electrons. The minimum atomic E-state index is 0.586. The minimum absolute atomic E-state index is 0.586. The first-order valence-electron chi connectivity index (χ1n) is 18.9. The van der Waals surface area contributed by atoms with Crippen LogP contribution >= 0.6 is 0 Å². The maximum absolute atomic E-state index is 6.56. The maximum Gasteiger partial charge on any atom is 0.164 e. The lowest BCUT2D eigenvalue weighted by Crippen LogP contribution is -2.10. The zero-order valence-corrected chi connectivity index (χ0v) is 30.6. The second kappa shape index (κ2) is 13.5. The van der Waals surface area contributed by atoms with Gasteiger partial charge in [0.05, 0.1) is 11.1 Å². The molecule has 0 saturated heterocycles. The predicted molar refractivity (Wildman–Crippen MR) is 231 cm³/mol. The molecule has 8 aromatic carbocycles. The van der Waals surface area contributed by atoms with Gasteiger partial charge < -0.3 is 13.7 Å². The summed E-state index contributed by atoms with van der Waals surface area (Å²) in [5.74, 6) is 1.83. The second-order valence-corrected chi connectivity index (χ2v) is 14.0. The molecule has 0 amide bonds. The second-order valence-electron chi connectivity index (χ2n) is 14.0. The fraction of sp³-hybridized carbons (Fsp3) is 0. The quantitative estimate of drug-likeness (QED) is 0.162. The number of anilines is 3. The van der Waals surface area contributed by atoms with Gasteiger partial charge in [0.2, 0.25) is 0 Å². The highest BCUT2D eigenvalue weighted by Gasteiger charge is 2.20. The lowest BCUT2D eigenvalue weighted by atomic mass is 9.98. The van der Waals surface area contributed by atoms with E-state index in [9.17, 15) is 0 Å². The lowest BCUT2D eigenvalue weighted by molar-refractivity contribution is 0.668. The number of rotatable bonds is 7. The van der Waals surface area contributed by atoms with E-state index in [2.05, 4.69) is 102 Å². The third kappa shape index (κ3) is 5.70. The van der Waals surface area contributed by atoms with E-state index in [1.807, 2.05) is 97.1 Å². The largest absolute Gasteiger partial charge is 0.456 e. The van der Waals surface area contributed by atoms with Gasteiger partial charge in [-0.1, -0.05) is 133 Å². The van der Waals surface area contributed by atoms with Crippen LogP contribution in [0.2, 0.25) is 0 Å². The zero-order chi connectivity index (χ0) is 37.7. The number of hydrogen-bond acceptors (Lipinski definition) is 6. The highest BCUT2D eigenvalue weighted by atomic mass is 16.3. The number of hydrogen-bond donors (Lipinski definition) is 0. The van der Waals surface area contributed by atoms with Gasteiger partial charge in [-0.25, -0.2) is 15.0 Å². The van der Waals surface area contributed by atoms with E-state index < -0.39 is 0 Å². The van der Waals surface area contributed by atoms with Gasteiger partial charge >= 0.3 is 0 Å². The molecule has 0 N–H and O–H groups in total. The van der Waals surface area contributed by atoms with Crippen molar-refractivity contribution in [2.45, 2.75) is 0 Å². The third-order valence-corrected chi connectivity index (χ3v) is 10.5. The molecule has 3 heterocycles. The van der Waals surface area contributed by atoms with E-state index in [1.54, 1.807) is 0 Å². The van der Waals surface area contributed by atoms with E-state index in [4.69, 9.17) is 23.8 Å². The molecule has 0 spiro atoms. The van der Waals surface area contributed by atoms with E-state index in [0.717, 1.165) is 88.8 Å². The van der Waals surface area contributed by atoms with Gasteiger partial charge in [0.15, 0.2) is 17.5 Å². The molecule has 0 aliphatic carbocycles. The highest BCUT2D eigenvalue weighted by Crippen LogP contribution is 2.44. The van der Waals surface area contributed by atoms with Gasteiger partial charge in [-0.3, -0.25) is 0 Å². The van der Waals surface area contributed by atoms with Crippen molar-refractivity contribution in [1.29, 1.82) is 0 Å². The molecule has 6 nitrogen and oxygen atoms in total. The Bertz CT molecular complexity index is 3170. The van der Waals surface area contributed by atoms with Crippen molar-refractivity contribution in [2.24, 2.45) is 0 Å². The summed E-state index contributed by atoms with van der Waals surface area (Å²) in [7, 11) is 0. The molecule has 0 unspecified atom stereocenters. The Morgan fingerprint density at radius 2 is 0.842 bits per heavy atom. The Morgan fingerprint density at radius 3 is 1.54 bits per heavy atom. The molecular formula is C51H32N4O2. The van der Waals surface area contributed by atoms with E-state index in [0.29, 0.717) is 17.5 Å². The zero-order valence-electron chi connectivity index (χ0n) is 30.6. The van der Waals surface area contributed by atoms with Gasteiger partial charge in [0.1, 0.15) is 22.3 Å². The molecule has 0 fully saturated rings. The minimum Gasteiger partial charge on any atom is -0.456 e. The average Bonchev–Trinajstić information content (AvgIpc) is 3.86. The van der Waals surface area contributed by atoms with Crippen molar-refractivity contribution in [3.05, 3.63) is 194 Å². The Hall–Kier alpha value is -7.83. The van der Waals surface area contributed by atoms with Crippen molar-refractivity contribution in [3.8, 4) is 45.3 Å². The molecule has 0 aliphatic heterocycles. The highest BCUT2D eigenvalue weighted by molar-refractivity contribution is 6.14. The normalized spacial score (nSPS) is 11.5. The summed E-state index contributed by atoms with van der Waals surface area (Å²) < 4.78 is 12.9. The van der Waals surface area contributed by atoms with Gasteiger partial charge in [-0.15, -0.1) is 0 Å². The number of nitrogens with zero attached hydrogens (tertiary/aromatic N) is 4. The van der Waals surface area contributed by atoms with Crippen LogP contribution in [-0.4, -0.2) is 15.0 Å². The summed E-state index contributed by atoms with van der Waals surface area (Å²) in [6.45, 7) is 0. The van der Waals surface area contributed by atoms with Crippen LogP contribution in [0.15, 0.2) is 203 Å². The van der Waals surface area contributed by atoms with Crippen LogP contribution in [-0.2, 0) is 0 Å². The molecule has 11 rings (SSSR count). The summed E-state index contributed by atoms with van der Waals surface area (Å²) >= 11 is 0. The first kappa shape index (κ1) is 32.6. The first-order chi connectivity index (χ1) is 28.2. The standard InChI is InChI=1S/C51H32N4O2/c1-4-14-34(15-5-1)49-52-50(35-16-6-2-7-17-35)54-51(53-49)36-28-31-41-46(32-36)57-44-24-12-21-39(47(41)44)33-26-29-38(30-27-33)55(37-18-8-3-9-19-37)42-22-13-25-45-48(42)40-20-10-11-23-43(40)56-45/h1-32H. The van der Waals surface area contributed by atoms with E-state index in [-0.39, 0.29) is 0 Å². The van der Waals surface area contributed by atoms with Gasteiger partial charge in [-0.2, -0.15) is 0 Å². The molecule has 3 aromatic heterocycles. The smallest absolute Gasteiger partial charge is 0.164 e. The number of aromatic nitrogens is 3. The Morgan fingerprint density at radius 1 is 0.333 bits per heavy atom.